The highest BCUT2D eigenvalue weighted by atomic mass is 16.2. The van der Waals surface area contributed by atoms with Crippen LogP contribution in [0, 0.1) is 5.92 Å². The average Bonchev–Trinajstić information content (AvgIpc) is 2.47. The Bertz CT molecular complexity index is 475. The van der Waals surface area contributed by atoms with Crippen LogP contribution < -0.4 is 10.6 Å². The van der Waals surface area contributed by atoms with Gasteiger partial charge < -0.3 is 10.6 Å². The van der Waals surface area contributed by atoms with E-state index in [1.54, 1.807) is 11.9 Å². The quantitative estimate of drug-likeness (QED) is 0.885. The summed E-state index contributed by atoms with van der Waals surface area (Å²) in [5.74, 6) is -0.363. The van der Waals surface area contributed by atoms with E-state index in [2.05, 4.69) is 0 Å². The Morgan fingerprint density at radius 3 is 2.70 bits per heavy atom. The van der Waals surface area contributed by atoms with Gasteiger partial charge in [0.25, 0.3) is 0 Å². The maximum absolute atomic E-state index is 12.3. The Morgan fingerprint density at radius 2 is 2.05 bits per heavy atom. The van der Waals surface area contributed by atoms with E-state index in [9.17, 15) is 9.59 Å². The Hall–Kier alpha value is -1.88. The van der Waals surface area contributed by atoms with E-state index in [0.29, 0.717) is 13.1 Å². The molecular formula is C15H21N3O2. The van der Waals surface area contributed by atoms with Crippen LogP contribution in [0.15, 0.2) is 30.3 Å². The lowest BCUT2D eigenvalue weighted by Gasteiger charge is -2.31. The second-order valence-electron chi connectivity index (χ2n) is 5.26. The van der Waals surface area contributed by atoms with Crippen LogP contribution in [0.3, 0.4) is 0 Å². The van der Waals surface area contributed by atoms with E-state index in [1.807, 2.05) is 35.2 Å². The molecule has 2 N–H and O–H groups in total. The van der Waals surface area contributed by atoms with Crippen molar-refractivity contribution in [2.75, 3.05) is 31.6 Å². The minimum atomic E-state index is -0.265. The second kappa shape index (κ2) is 6.52. The van der Waals surface area contributed by atoms with Gasteiger partial charge in [0.15, 0.2) is 0 Å². The van der Waals surface area contributed by atoms with Gasteiger partial charge in [0.2, 0.25) is 11.8 Å². The Kier molecular flexibility index (Phi) is 4.74. The number of nitrogens with zero attached hydrogens (tertiary/aromatic N) is 2. The Balaban J connectivity index is 1.92. The number of primary amides is 1. The van der Waals surface area contributed by atoms with E-state index in [1.165, 1.54) is 0 Å². The van der Waals surface area contributed by atoms with Gasteiger partial charge >= 0.3 is 0 Å². The molecule has 0 aliphatic carbocycles. The normalized spacial score (nSPS) is 19.6. The van der Waals surface area contributed by atoms with Crippen LogP contribution in [0.2, 0.25) is 0 Å². The number of anilines is 1. The maximum Gasteiger partial charge on any atom is 0.240 e. The number of hydrogen-bond acceptors (Lipinski definition) is 3. The molecule has 1 aliphatic rings. The summed E-state index contributed by atoms with van der Waals surface area (Å²) in [5, 5.41) is 0. The molecule has 20 heavy (non-hydrogen) atoms. The van der Waals surface area contributed by atoms with E-state index >= 15 is 0 Å². The molecule has 1 atom stereocenters. The van der Waals surface area contributed by atoms with Gasteiger partial charge in [-0.3, -0.25) is 14.5 Å². The lowest BCUT2D eigenvalue weighted by molar-refractivity contribution is -0.125. The lowest BCUT2D eigenvalue weighted by atomic mass is 9.97. The first-order valence-corrected chi connectivity index (χ1v) is 6.91. The molecule has 0 bridgehead atoms. The predicted molar refractivity (Wildman–Crippen MR) is 78.2 cm³/mol. The van der Waals surface area contributed by atoms with Gasteiger partial charge in [-0.2, -0.15) is 0 Å². The molecule has 0 saturated carbocycles. The first-order chi connectivity index (χ1) is 9.58. The van der Waals surface area contributed by atoms with Crippen molar-refractivity contribution in [3.8, 4) is 0 Å². The molecule has 0 spiro atoms. The van der Waals surface area contributed by atoms with Crippen molar-refractivity contribution in [2.45, 2.75) is 12.8 Å². The third kappa shape index (κ3) is 3.57. The number of amides is 2. The fraction of sp³-hybridized carbons (Fsp3) is 0.467. The number of benzene rings is 1. The van der Waals surface area contributed by atoms with Crippen molar-refractivity contribution in [2.24, 2.45) is 11.7 Å². The second-order valence-corrected chi connectivity index (χ2v) is 5.26. The first-order valence-electron chi connectivity index (χ1n) is 6.91. The molecule has 0 radical (unpaired) electrons. The van der Waals surface area contributed by atoms with Crippen molar-refractivity contribution >= 4 is 17.5 Å². The van der Waals surface area contributed by atoms with Crippen molar-refractivity contribution in [3.63, 3.8) is 0 Å². The minimum absolute atomic E-state index is 0.0290. The summed E-state index contributed by atoms with van der Waals surface area (Å²) in [5.41, 5.74) is 6.23. The van der Waals surface area contributed by atoms with Crippen molar-refractivity contribution in [1.82, 2.24) is 4.90 Å². The highest BCUT2D eigenvalue weighted by molar-refractivity contribution is 5.94. The highest BCUT2D eigenvalue weighted by Gasteiger charge is 2.26. The molecule has 1 aliphatic heterocycles. The van der Waals surface area contributed by atoms with Crippen LogP contribution >= 0.6 is 0 Å². The van der Waals surface area contributed by atoms with Crippen LogP contribution in [0.25, 0.3) is 0 Å². The van der Waals surface area contributed by atoms with E-state index in [0.717, 1.165) is 25.1 Å². The van der Waals surface area contributed by atoms with Crippen LogP contribution in [-0.2, 0) is 9.59 Å². The molecule has 2 amide bonds. The fourth-order valence-electron chi connectivity index (χ4n) is 2.52. The summed E-state index contributed by atoms with van der Waals surface area (Å²) >= 11 is 0. The highest BCUT2D eigenvalue weighted by Crippen LogP contribution is 2.17. The molecular weight excluding hydrogens is 254 g/mol. The first kappa shape index (κ1) is 14.5. The average molecular weight is 275 g/mol. The number of nitrogens with two attached hydrogens (primary N) is 1. The summed E-state index contributed by atoms with van der Waals surface area (Å²) < 4.78 is 0. The largest absolute Gasteiger partial charge is 0.369 e. The molecule has 0 aromatic heterocycles. The minimum Gasteiger partial charge on any atom is -0.369 e. The van der Waals surface area contributed by atoms with Crippen LogP contribution in [0.4, 0.5) is 5.69 Å². The summed E-state index contributed by atoms with van der Waals surface area (Å²) in [6, 6.07) is 9.54. The van der Waals surface area contributed by atoms with Crippen LogP contribution in [0.1, 0.15) is 12.8 Å². The van der Waals surface area contributed by atoms with Gasteiger partial charge in [-0.15, -0.1) is 0 Å². The fourth-order valence-corrected chi connectivity index (χ4v) is 2.52. The molecule has 1 heterocycles. The molecule has 1 aromatic carbocycles. The third-order valence-corrected chi connectivity index (χ3v) is 3.78. The summed E-state index contributed by atoms with van der Waals surface area (Å²) in [6.07, 6.45) is 1.74. The molecule has 1 saturated heterocycles. The van der Waals surface area contributed by atoms with Gasteiger partial charge in [0.05, 0.1) is 12.5 Å². The van der Waals surface area contributed by atoms with Crippen molar-refractivity contribution in [3.05, 3.63) is 30.3 Å². The molecule has 0 unspecified atom stereocenters. The van der Waals surface area contributed by atoms with Gasteiger partial charge in [0.1, 0.15) is 0 Å². The smallest absolute Gasteiger partial charge is 0.240 e. The van der Waals surface area contributed by atoms with E-state index in [4.69, 9.17) is 5.73 Å². The van der Waals surface area contributed by atoms with Gasteiger partial charge in [-0.1, -0.05) is 18.2 Å². The number of carbonyl (C=O) groups excluding carboxylic acids is 2. The summed E-state index contributed by atoms with van der Waals surface area (Å²) in [4.78, 5) is 27.2. The zero-order chi connectivity index (χ0) is 14.5. The number of piperidine rings is 1. The molecule has 1 fully saturated rings. The van der Waals surface area contributed by atoms with E-state index < -0.39 is 0 Å². The number of rotatable bonds is 4. The van der Waals surface area contributed by atoms with Crippen molar-refractivity contribution in [1.29, 1.82) is 0 Å². The van der Waals surface area contributed by atoms with Crippen LogP contribution in [-0.4, -0.2) is 43.4 Å². The van der Waals surface area contributed by atoms with E-state index in [-0.39, 0.29) is 17.7 Å². The number of likely N-dealkylation sites (N-methyl/N-ethyl adjacent to an activating group) is 1. The standard InChI is InChI=1S/C15H21N3O2/c1-17(13-7-3-2-4-8-13)14(19)11-18-9-5-6-12(10-18)15(16)20/h2-4,7-8,12H,5-6,9-11H2,1H3,(H2,16,20)/t12-/m1/s1. The number of para-hydroxylation sites is 1. The van der Waals surface area contributed by atoms with Crippen molar-refractivity contribution < 1.29 is 9.59 Å². The Morgan fingerprint density at radius 1 is 1.35 bits per heavy atom. The maximum atomic E-state index is 12.3. The number of carbonyl (C=O) groups is 2. The van der Waals surface area contributed by atoms with Crippen LogP contribution in [0.5, 0.6) is 0 Å². The lowest BCUT2D eigenvalue weighted by Crippen LogP contribution is -2.46. The molecule has 2 rings (SSSR count). The molecule has 1 aromatic rings. The zero-order valence-electron chi connectivity index (χ0n) is 11.8. The van der Waals surface area contributed by atoms with Gasteiger partial charge in [-0.25, -0.2) is 0 Å². The Labute approximate surface area is 119 Å². The summed E-state index contributed by atoms with van der Waals surface area (Å²) in [7, 11) is 1.77. The number of hydrogen-bond donors (Lipinski definition) is 1. The zero-order valence-corrected chi connectivity index (χ0v) is 11.8. The monoisotopic (exact) mass is 275 g/mol. The predicted octanol–water partition coefficient (Wildman–Crippen LogP) is 0.847. The summed E-state index contributed by atoms with van der Waals surface area (Å²) in [6.45, 7) is 1.76. The molecule has 108 valence electrons. The molecule has 5 nitrogen and oxygen atoms in total. The number of likely N-dealkylation sites (tertiary alicyclic amines) is 1. The van der Waals surface area contributed by atoms with Gasteiger partial charge in [0, 0.05) is 19.3 Å². The third-order valence-electron chi connectivity index (χ3n) is 3.78. The van der Waals surface area contributed by atoms with Gasteiger partial charge in [-0.05, 0) is 31.5 Å². The molecule has 5 heteroatoms. The topological polar surface area (TPSA) is 66.6 Å². The SMILES string of the molecule is CN(C(=O)CN1CCC[C@@H](C(N)=O)C1)c1ccccc1.